The highest BCUT2D eigenvalue weighted by molar-refractivity contribution is 9.10. The maximum atomic E-state index is 12.3. The fourth-order valence-corrected chi connectivity index (χ4v) is 3.79. The molecule has 2 N–H and O–H groups in total. The molecule has 0 unspecified atom stereocenters. The zero-order valence-corrected chi connectivity index (χ0v) is 18.0. The summed E-state index contributed by atoms with van der Waals surface area (Å²) < 4.78 is 11.2. The fraction of sp³-hybridized carbons (Fsp3) is 0.100. The predicted octanol–water partition coefficient (Wildman–Crippen LogP) is 5.30. The third kappa shape index (κ3) is 6.00. The minimum atomic E-state index is -0.406. The van der Waals surface area contributed by atoms with Crippen molar-refractivity contribution in [3.8, 4) is 5.75 Å². The summed E-state index contributed by atoms with van der Waals surface area (Å²) in [5.41, 5.74) is 0.865. The lowest BCUT2D eigenvalue weighted by Crippen LogP contribution is -2.23. The number of anilines is 1. The molecule has 0 aliphatic carbocycles. The normalized spacial score (nSPS) is 10.4. The molecule has 0 fully saturated rings. The zero-order valence-electron chi connectivity index (χ0n) is 14.9. The van der Waals surface area contributed by atoms with Gasteiger partial charge in [0.15, 0.2) is 12.4 Å². The summed E-state index contributed by atoms with van der Waals surface area (Å²) in [6, 6.07) is 13.2. The van der Waals surface area contributed by atoms with Crippen LogP contribution in [0.2, 0.25) is 10.0 Å². The van der Waals surface area contributed by atoms with Gasteiger partial charge in [0.2, 0.25) is 0 Å². The van der Waals surface area contributed by atoms with Crippen molar-refractivity contribution in [2.75, 3.05) is 11.9 Å². The van der Waals surface area contributed by atoms with Crippen molar-refractivity contribution in [2.24, 2.45) is 0 Å². The first-order chi connectivity index (χ1) is 13.9. The zero-order chi connectivity index (χ0) is 20.8. The molecule has 29 heavy (non-hydrogen) atoms. The molecule has 0 atom stereocenters. The van der Waals surface area contributed by atoms with E-state index in [1.165, 1.54) is 12.3 Å². The molecule has 0 bridgehead atoms. The number of benzene rings is 2. The summed E-state index contributed by atoms with van der Waals surface area (Å²) in [6.45, 7) is 0.00184. The molecule has 3 aromatic rings. The van der Waals surface area contributed by atoms with E-state index in [4.69, 9.17) is 32.4 Å². The Hall–Kier alpha value is -2.48. The lowest BCUT2D eigenvalue weighted by Gasteiger charge is -2.11. The van der Waals surface area contributed by atoms with Crippen LogP contribution in [0.1, 0.15) is 16.1 Å². The average Bonchev–Trinajstić information content (AvgIpc) is 3.19. The smallest absolute Gasteiger partial charge is 0.262 e. The van der Waals surface area contributed by atoms with Gasteiger partial charge in [0.05, 0.1) is 22.3 Å². The van der Waals surface area contributed by atoms with Gasteiger partial charge in [-0.05, 0) is 58.4 Å². The van der Waals surface area contributed by atoms with Crippen LogP contribution in [0.3, 0.4) is 0 Å². The van der Waals surface area contributed by atoms with E-state index in [2.05, 4.69) is 26.6 Å². The lowest BCUT2D eigenvalue weighted by molar-refractivity contribution is -0.118. The van der Waals surface area contributed by atoms with Gasteiger partial charge < -0.3 is 19.8 Å². The number of carbonyl (C=O) groups excluding carboxylic acids is 2. The Morgan fingerprint density at radius 1 is 1.10 bits per heavy atom. The summed E-state index contributed by atoms with van der Waals surface area (Å²) in [4.78, 5) is 24.5. The highest BCUT2D eigenvalue weighted by Crippen LogP contribution is 2.36. The van der Waals surface area contributed by atoms with Crippen LogP contribution in [-0.2, 0) is 11.3 Å². The van der Waals surface area contributed by atoms with Crippen molar-refractivity contribution in [1.82, 2.24) is 5.32 Å². The van der Waals surface area contributed by atoms with Gasteiger partial charge in [0.1, 0.15) is 5.76 Å². The standard InChI is InChI=1S/C20H15BrCl2N2O4/c21-16-8-13(22)9-17(23)19(16)29-11-18(26)25-14-4-1-3-12(7-14)20(27)24-10-15-5-2-6-28-15/h1-9H,10-11H2,(H,24,27)(H,25,26). The Morgan fingerprint density at radius 2 is 1.93 bits per heavy atom. The minimum Gasteiger partial charge on any atom is -0.481 e. The Balaban J connectivity index is 1.57. The first-order valence-electron chi connectivity index (χ1n) is 8.40. The third-order valence-corrected chi connectivity index (χ3v) is 4.81. The molecule has 3 rings (SSSR count). The van der Waals surface area contributed by atoms with Crippen molar-refractivity contribution in [3.05, 3.63) is 80.6 Å². The molecule has 0 radical (unpaired) electrons. The van der Waals surface area contributed by atoms with Gasteiger partial charge in [0, 0.05) is 16.3 Å². The number of furan rings is 1. The Labute approximate surface area is 185 Å². The van der Waals surface area contributed by atoms with Crippen LogP contribution < -0.4 is 15.4 Å². The predicted molar refractivity (Wildman–Crippen MR) is 115 cm³/mol. The van der Waals surface area contributed by atoms with Crippen molar-refractivity contribution < 1.29 is 18.7 Å². The van der Waals surface area contributed by atoms with Gasteiger partial charge in [-0.25, -0.2) is 0 Å². The van der Waals surface area contributed by atoms with Crippen molar-refractivity contribution in [1.29, 1.82) is 0 Å². The molecule has 0 spiro atoms. The van der Waals surface area contributed by atoms with Crippen LogP contribution in [0.15, 0.2) is 63.7 Å². The SMILES string of the molecule is O=C(COc1c(Cl)cc(Cl)cc1Br)Nc1cccc(C(=O)NCc2ccco2)c1. The molecule has 1 aromatic heterocycles. The lowest BCUT2D eigenvalue weighted by atomic mass is 10.2. The maximum absolute atomic E-state index is 12.3. The third-order valence-electron chi connectivity index (χ3n) is 3.72. The Bertz CT molecular complexity index is 1000. The number of amides is 2. The summed E-state index contributed by atoms with van der Waals surface area (Å²) in [5.74, 6) is 0.269. The minimum absolute atomic E-state index is 0.269. The second kappa shape index (κ2) is 9.82. The number of hydrogen-bond acceptors (Lipinski definition) is 4. The van der Waals surface area contributed by atoms with Gasteiger partial charge >= 0.3 is 0 Å². The van der Waals surface area contributed by atoms with Crippen LogP contribution in [-0.4, -0.2) is 18.4 Å². The van der Waals surface area contributed by atoms with Gasteiger partial charge in [-0.15, -0.1) is 0 Å². The molecule has 9 heteroatoms. The van der Waals surface area contributed by atoms with Gasteiger partial charge in [-0.2, -0.15) is 0 Å². The number of carbonyl (C=O) groups is 2. The van der Waals surface area contributed by atoms with Gasteiger partial charge in [-0.3, -0.25) is 9.59 Å². The van der Waals surface area contributed by atoms with Crippen molar-refractivity contribution >= 4 is 56.6 Å². The highest BCUT2D eigenvalue weighted by atomic mass is 79.9. The van der Waals surface area contributed by atoms with Crippen LogP contribution in [0.25, 0.3) is 0 Å². The van der Waals surface area contributed by atoms with Gasteiger partial charge in [-0.1, -0.05) is 29.3 Å². The van der Waals surface area contributed by atoms with E-state index in [0.717, 1.165) is 0 Å². The summed E-state index contributed by atoms with van der Waals surface area (Å²) >= 11 is 15.3. The second-order valence-electron chi connectivity index (χ2n) is 5.88. The van der Waals surface area contributed by atoms with Crippen LogP contribution in [0.4, 0.5) is 5.69 Å². The number of ether oxygens (including phenoxy) is 1. The summed E-state index contributed by atoms with van der Waals surface area (Å²) in [6.07, 6.45) is 1.54. The van der Waals surface area contributed by atoms with Crippen LogP contribution in [0.5, 0.6) is 5.75 Å². The number of hydrogen-bond donors (Lipinski definition) is 2. The fourth-order valence-electron chi connectivity index (χ4n) is 2.42. The van der Waals surface area contributed by atoms with Crippen molar-refractivity contribution in [2.45, 2.75) is 6.54 Å². The first kappa shape index (κ1) is 21.2. The maximum Gasteiger partial charge on any atom is 0.262 e. The van der Waals surface area contributed by atoms with E-state index in [1.54, 1.807) is 42.5 Å². The molecule has 2 amide bonds. The first-order valence-corrected chi connectivity index (χ1v) is 9.95. The van der Waals surface area contributed by atoms with E-state index >= 15 is 0 Å². The van der Waals surface area contributed by atoms with E-state index in [1.807, 2.05) is 0 Å². The Morgan fingerprint density at radius 3 is 2.66 bits per heavy atom. The van der Waals surface area contributed by atoms with Crippen molar-refractivity contribution in [3.63, 3.8) is 0 Å². The monoisotopic (exact) mass is 496 g/mol. The molecule has 150 valence electrons. The van der Waals surface area contributed by atoms with Crippen LogP contribution >= 0.6 is 39.1 Å². The average molecular weight is 498 g/mol. The molecular weight excluding hydrogens is 483 g/mol. The quantitative estimate of drug-likeness (QED) is 0.464. The number of rotatable bonds is 7. The largest absolute Gasteiger partial charge is 0.481 e. The second-order valence-corrected chi connectivity index (χ2v) is 7.58. The summed E-state index contributed by atoms with van der Waals surface area (Å²) in [5, 5.41) is 6.16. The highest BCUT2D eigenvalue weighted by Gasteiger charge is 2.12. The van der Waals surface area contributed by atoms with E-state index in [9.17, 15) is 9.59 Å². The molecule has 0 saturated heterocycles. The summed E-state index contributed by atoms with van der Waals surface area (Å²) in [7, 11) is 0. The molecule has 0 saturated carbocycles. The molecule has 0 aliphatic heterocycles. The topological polar surface area (TPSA) is 80.6 Å². The molecule has 0 aliphatic rings. The molecular formula is C20H15BrCl2N2O4. The van der Waals surface area contributed by atoms with E-state index < -0.39 is 5.91 Å². The number of nitrogens with one attached hydrogen (secondary N) is 2. The molecule has 1 heterocycles. The van der Waals surface area contributed by atoms with Gasteiger partial charge in [0.25, 0.3) is 11.8 Å². The van der Waals surface area contributed by atoms with E-state index in [0.29, 0.717) is 32.3 Å². The molecule has 2 aromatic carbocycles. The Kier molecular flexibility index (Phi) is 7.19. The van der Waals surface area contributed by atoms with E-state index in [-0.39, 0.29) is 24.1 Å². The number of halogens is 3. The van der Waals surface area contributed by atoms with Crippen LogP contribution in [0, 0.1) is 0 Å². The molecule has 6 nitrogen and oxygen atoms in total.